The van der Waals surface area contributed by atoms with Crippen LogP contribution in [0.1, 0.15) is 0 Å². The minimum absolute atomic E-state index is 0.301. The molecular weight excluding hydrogens is 281 g/mol. The van der Waals surface area contributed by atoms with Gasteiger partial charge in [-0.25, -0.2) is 9.97 Å². The third kappa shape index (κ3) is 2.23. The fraction of sp³-hybridized carbons (Fsp3) is 0. The smallest absolute Gasteiger partial charge is 0.142 e. The highest BCUT2D eigenvalue weighted by Crippen LogP contribution is 2.31. The van der Waals surface area contributed by atoms with Crippen molar-refractivity contribution in [1.29, 1.82) is 0 Å². The Bertz CT molecular complexity index is 772. The van der Waals surface area contributed by atoms with E-state index >= 15 is 0 Å². The van der Waals surface area contributed by atoms with Crippen LogP contribution in [-0.2, 0) is 0 Å². The molecule has 3 nitrogen and oxygen atoms in total. The van der Waals surface area contributed by atoms with E-state index in [9.17, 15) is 0 Å². The lowest BCUT2D eigenvalue weighted by atomic mass is 10.1. The van der Waals surface area contributed by atoms with E-state index in [4.69, 9.17) is 28.9 Å². The first-order valence-corrected chi connectivity index (χ1v) is 6.37. The van der Waals surface area contributed by atoms with Crippen molar-refractivity contribution in [2.75, 3.05) is 5.73 Å². The Morgan fingerprint density at radius 3 is 2.63 bits per heavy atom. The summed E-state index contributed by atoms with van der Waals surface area (Å²) in [6.45, 7) is 0. The molecule has 3 rings (SSSR count). The van der Waals surface area contributed by atoms with Crippen molar-refractivity contribution >= 4 is 39.9 Å². The van der Waals surface area contributed by atoms with Crippen LogP contribution in [0.3, 0.4) is 0 Å². The Kier molecular flexibility index (Phi) is 3.01. The van der Waals surface area contributed by atoms with Crippen LogP contribution in [0.5, 0.6) is 0 Å². The average molecular weight is 290 g/mol. The van der Waals surface area contributed by atoms with Gasteiger partial charge in [0.2, 0.25) is 0 Å². The molecule has 0 radical (unpaired) electrons. The maximum absolute atomic E-state index is 6.22. The maximum Gasteiger partial charge on any atom is 0.142 e. The van der Waals surface area contributed by atoms with Crippen LogP contribution < -0.4 is 5.73 Å². The molecule has 0 aliphatic carbocycles. The molecule has 0 bridgehead atoms. The van der Waals surface area contributed by atoms with Gasteiger partial charge in [0.25, 0.3) is 0 Å². The normalized spacial score (nSPS) is 10.8. The van der Waals surface area contributed by atoms with Gasteiger partial charge in [0.15, 0.2) is 0 Å². The fourth-order valence-electron chi connectivity index (χ4n) is 1.89. The molecule has 2 heterocycles. The standard InChI is InChI=1S/C14H9Cl2N3/c15-11-6-9(7-18-14(11)17)10-5-8-3-1-2-4-12(8)19-13(10)16/h1-7H,(H2,17,18). The molecule has 2 aromatic heterocycles. The number of fused-ring (bicyclic) bond motifs is 1. The molecule has 2 N–H and O–H groups in total. The van der Waals surface area contributed by atoms with Gasteiger partial charge in [-0.1, -0.05) is 41.4 Å². The third-order valence-electron chi connectivity index (χ3n) is 2.86. The van der Waals surface area contributed by atoms with Crippen LogP contribution in [-0.4, -0.2) is 9.97 Å². The van der Waals surface area contributed by atoms with Crippen LogP contribution in [0.15, 0.2) is 42.6 Å². The Morgan fingerprint density at radius 2 is 1.84 bits per heavy atom. The van der Waals surface area contributed by atoms with Gasteiger partial charge in [0.05, 0.1) is 10.5 Å². The summed E-state index contributed by atoms with van der Waals surface area (Å²) in [7, 11) is 0. The number of hydrogen-bond acceptors (Lipinski definition) is 3. The van der Waals surface area contributed by atoms with E-state index < -0.39 is 0 Å². The molecule has 0 amide bonds. The predicted octanol–water partition coefficient (Wildman–Crippen LogP) is 4.19. The van der Waals surface area contributed by atoms with Crippen molar-refractivity contribution in [3.05, 3.63) is 52.8 Å². The number of rotatable bonds is 1. The number of aromatic nitrogens is 2. The van der Waals surface area contributed by atoms with E-state index in [1.165, 1.54) is 0 Å². The summed E-state index contributed by atoms with van der Waals surface area (Å²) < 4.78 is 0. The zero-order valence-electron chi connectivity index (χ0n) is 9.77. The van der Waals surface area contributed by atoms with Gasteiger partial charge in [-0.05, 0) is 18.2 Å². The van der Waals surface area contributed by atoms with E-state index in [-0.39, 0.29) is 0 Å². The molecule has 0 aliphatic rings. The van der Waals surface area contributed by atoms with E-state index in [1.807, 2.05) is 30.3 Å². The first-order valence-electron chi connectivity index (χ1n) is 5.62. The highest BCUT2D eigenvalue weighted by Gasteiger charge is 2.09. The lowest BCUT2D eigenvalue weighted by Crippen LogP contribution is -1.92. The highest BCUT2D eigenvalue weighted by molar-refractivity contribution is 6.34. The first-order chi connectivity index (χ1) is 9.15. The number of hydrogen-bond donors (Lipinski definition) is 1. The number of anilines is 1. The summed E-state index contributed by atoms with van der Waals surface area (Å²) in [4.78, 5) is 8.40. The molecule has 0 saturated heterocycles. The Morgan fingerprint density at radius 1 is 1.05 bits per heavy atom. The number of nitrogen functional groups attached to an aromatic ring is 1. The first kappa shape index (κ1) is 12.2. The lowest BCUT2D eigenvalue weighted by Gasteiger charge is -2.07. The molecule has 3 aromatic rings. The summed E-state index contributed by atoms with van der Waals surface area (Å²) in [6.07, 6.45) is 1.64. The fourth-order valence-corrected chi connectivity index (χ4v) is 2.31. The molecular formula is C14H9Cl2N3. The van der Waals surface area contributed by atoms with Crippen LogP contribution >= 0.6 is 23.2 Å². The molecule has 5 heteroatoms. The minimum Gasteiger partial charge on any atom is -0.382 e. The van der Waals surface area contributed by atoms with E-state index in [1.54, 1.807) is 12.3 Å². The van der Waals surface area contributed by atoms with E-state index in [0.717, 1.165) is 22.0 Å². The molecule has 1 aromatic carbocycles. The van der Waals surface area contributed by atoms with Crippen LogP contribution in [0.2, 0.25) is 10.2 Å². The van der Waals surface area contributed by atoms with Gasteiger partial charge in [-0.15, -0.1) is 0 Å². The second kappa shape index (κ2) is 4.68. The lowest BCUT2D eigenvalue weighted by molar-refractivity contribution is 1.33. The molecule has 0 atom stereocenters. The monoisotopic (exact) mass is 289 g/mol. The molecule has 0 unspecified atom stereocenters. The molecule has 19 heavy (non-hydrogen) atoms. The highest BCUT2D eigenvalue weighted by atomic mass is 35.5. The van der Waals surface area contributed by atoms with Crippen LogP contribution in [0, 0.1) is 0 Å². The van der Waals surface area contributed by atoms with E-state index in [0.29, 0.717) is 16.0 Å². The van der Waals surface area contributed by atoms with Crippen molar-refractivity contribution in [1.82, 2.24) is 9.97 Å². The van der Waals surface area contributed by atoms with Crippen molar-refractivity contribution < 1.29 is 0 Å². The average Bonchev–Trinajstić information content (AvgIpc) is 2.41. The zero-order valence-corrected chi connectivity index (χ0v) is 11.3. The van der Waals surface area contributed by atoms with Crippen molar-refractivity contribution in [2.45, 2.75) is 0 Å². The molecule has 0 aliphatic heterocycles. The predicted molar refractivity (Wildman–Crippen MR) is 79.4 cm³/mol. The number of para-hydroxylation sites is 1. The van der Waals surface area contributed by atoms with Gasteiger partial charge in [0.1, 0.15) is 11.0 Å². The van der Waals surface area contributed by atoms with Gasteiger partial charge in [0, 0.05) is 22.7 Å². The third-order valence-corrected chi connectivity index (χ3v) is 3.45. The van der Waals surface area contributed by atoms with Crippen LogP contribution in [0.25, 0.3) is 22.0 Å². The Labute approximate surface area is 120 Å². The van der Waals surface area contributed by atoms with Gasteiger partial charge < -0.3 is 5.73 Å². The van der Waals surface area contributed by atoms with E-state index in [2.05, 4.69) is 9.97 Å². The second-order valence-corrected chi connectivity index (χ2v) is 4.88. The molecule has 0 fully saturated rings. The number of benzene rings is 1. The number of pyridine rings is 2. The van der Waals surface area contributed by atoms with Crippen LogP contribution in [0.4, 0.5) is 5.82 Å². The molecule has 94 valence electrons. The second-order valence-electron chi connectivity index (χ2n) is 4.11. The Balaban J connectivity index is 2.23. The Hall–Kier alpha value is -1.84. The number of nitrogens with two attached hydrogens (primary N) is 1. The maximum atomic E-state index is 6.22. The van der Waals surface area contributed by atoms with Crippen molar-refractivity contribution in [2.24, 2.45) is 0 Å². The topological polar surface area (TPSA) is 51.8 Å². The van der Waals surface area contributed by atoms with Crippen molar-refractivity contribution in [3.63, 3.8) is 0 Å². The minimum atomic E-state index is 0.301. The van der Waals surface area contributed by atoms with Crippen molar-refractivity contribution in [3.8, 4) is 11.1 Å². The summed E-state index contributed by atoms with van der Waals surface area (Å²) in [6, 6.07) is 11.5. The summed E-state index contributed by atoms with van der Waals surface area (Å²) in [5.74, 6) is 0.301. The number of nitrogens with zero attached hydrogens (tertiary/aromatic N) is 2. The molecule has 0 saturated carbocycles. The summed E-state index contributed by atoms with van der Waals surface area (Å²) in [5.41, 5.74) is 8.04. The SMILES string of the molecule is Nc1ncc(-c2cc3ccccc3nc2Cl)cc1Cl. The largest absolute Gasteiger partial charge is 0.382 e. The quantitative estimate of drug-likeness (QED) is 0.684. The summed E-state index contributed by atoms with van der Waals surface area (Å²) in [5, 5.41) is 1.83. The molecule has 0 spiro atoms. The van der Waals surface area contributed by atoms with Gasteiger partial charge in [-0.3, -0.25) is 0 Å². The number of halogens is 2. The van der Waals surface area contributed by atoms with Gasteiger partial charge >= 0.3 is 0 Å². The zero-order chi connectivity index (χ0) is 13.4. The van der Waals surface area contributed by atoms with Gasteiger partial charge in [-0.2, -0.15) is 0 Å². The summed E-state index contributed by atoms with van der Waals surface area (Å²) >= 11 is 12.2.